The number of ether oxygens (including phenoxy) is 1. The lowest BCUT2D eigenvalue weighted by molar-refractivity contribution is -0.148. The molecule has 4 rings (SSSR count). The van der Waals surface area contributed by atoms with Crippen molar-refractivity contribution in [3.05, 3.63) is 23.8 Å². The quantitative estimate of drug-likeness (QED) is 0.332. The fourth-order valence-electron chi connectivity index (χ4n) is 8.57. The lowest BCUT2D eigenvalue weighted by Gasteiger charge is -2.58. The van der Waals surface area contributed by atoms with Crippen LogP contribution in [0.15, 0.2) is 23.8 Å². The SMILES string of the molecule is CC(=O)O[C@H]1CC[C@@]2(C)C(=CC[C@@H]3[C@H]2CC[C@]2(C)[C@H]3CC[C@H]2[C@@H](C)C=CCC(C)C)C1. The molecular weight excluding hydrogens is 380 g/mol. The molecule has 0 bridgehead atoms. The van der Waals surface area contributed by atoms with Crippen LogP contribution < -0.4 is 0 Å². The van der Waals surface area contributed by atoms with Crippen LogP contribution in [-0.4, -0.2) is 12.1 Å². The summed E-state index contributed by atoms with van der Waals surface area (Å²) in [4.78, 5) is 11.5. The van der Waals surface area contributed by atoms with Crippen molar-refractivity contribution >= 4 is 5.97 Å². The summed E-state index contributed by atoms with van der Waals surface area (Å²) in [6.45, 7) is 13.9. The Morgan fingerprint density at radius 3 is 2.61 bits per heavy atom. The van der Waals surface area contributed by atoms with Gasteiger partial charge in [-0.05, 0) is 97.7 Å². The van der Waals surface area contributed by atoms with Gasteiger partial charge >= 0.3 is 5.97 Å². The van der Waals surface area contributed by atoms with Gasteiger partial charge in [0, 0.05) is 13.3 Å². The zero-order chi connectivity index (χ0) is 22.4. The summed E-state index contributed by atoms with van der Waals surface area (Å²) >= 11 is 0. The molecule has 0 aromatic rings. The second-order valence-electron chi connectivity index (χ2n) is 12.4. The van der Waals surface area contributed by atoms with E-state index in [1.54, 1.807) is 12.5 Å². The largest absolute Gasteiger partial charge is 0.462 e. The number of hydrogen-bond acceptors (Lipinski definition) is 2. The van der Waals surface area contributed by atoms with Gasteiger partial charge in [-0.3, -0.25) is 4.79 Å². The van der Waals surface area contributed by atoms with E-state index in [9.17, 15) is 4.79 Å². The molecule has 0 aromatic carbocycles. The van der Waals surface area contributed by atoms with Crippen LogP contribution in [-0.2, 0) is 9.53 Å². The first-order valence-corrected chi connectivity index (χ1v) is 13.2. The Hall–Kier alpha value is -1.05. The van der Waals surface area contributed by atoms with E-state index in [0.29, 0.717) is 16.7 Å². The van der Waals surface area contributed by atoms with Gasteiger partial charge in [0.25, 0.3) is 0 Å². The highest BCUT2D eigenvalue weighted by Crippen LogP contribution is 2.67. The van der Waals surface area contributed by atoms with Crippen molar-refractivity contribution in [1.82, 2.24) is 0 Å². The van der Waals surface area contributed by atoms with Crippen LogP contribution in [0.25, 0.3) is 0 Å². The maximum atomic E-state index is 11.5. The molecule has 0 heterocycles. The molecule has 0 aliphatic heterocycles. The smallest absolute Gasteiger partial charge is 0.302 e. The van der Waals surface area contributed by atoms with Gasteiger partial charge in [-0.2, -0.15) is 0 Å². The Morgan fingerprint density at radius 1 is 1.13 bits per heavy atom. The van der Waals surface area contributed by atoms with Crippen molar-refractivity contribution < 1.29 is 9.53 Å². The third-order valence-corrected chi connectivity index (χ3v) is 10.1. The van der Waals surface area contributed by atoms with Gasteiger partial charge in [0.05, 0.1) is 0 Å². The van der Waals surface area contributed by atoms with Crippen molar-refractivity contribution in [3.63, 3.8) is 0 Å². The zero-order valence-electron chi connectivity index (χ0n) is 21.0. The van der Waals surface area contributed by atoms with E-state index >= 15 is 0 Å². The average molecular weight is 427 g/mol. The number of carbonyl (C=O) groups excluding carboxylic acids is 1. The van der Waals surface area contributed by atoms with Crippen LogP contribution in [0.3, 0.4) is 0 Å². The second-order valence-corrected chi connectivity index (χ2v) is 12.4. The molecule has 4 aliphatic rings. The van der Waals surface area contributed by atoms with Gasteiger partial charge in [-0.1, -0.05) is 58.4 Å². The van der Waals surface area contributed by atoms with Gasteiger partial charge in [-0.15, -0.1) is 0 Å². The van der Waals surface area contributed by atoms with Crippen LogP contribution >= 0.6 is 0 Å². The number of allylic oxidation sites excluding steroid dienone is 3. The number of fused-ring (bicyclic) bond motifs is 5. The van der Waals surface area contributed by atoms with Crippen molar-refractivity contribution in [2.75, 3.05) is 0 Å². The van der Waals surface area contributed by atoms with Crippen molar-refractivity contribution in [2.45, 2.75) is 105 Å². The first kappa shape index (κ1) is 23.1. The average Bonchev–Trinajstić information content (AvgIpc) is 3.05. The fraction of sp³-hybridized carbons (Fsp3) is 0.828. The summed E-state index contributed by atoms with van der Waals surface area (Å²) in [5.41, 5.74) is 2.45. The predicted octanol–water partition coefficient (Wildman–Crippen LogP) is 7.74. The van der Waals surface area contributed by atoms with Crippen molar-refractivity contribution in [1.29, 1.82) is 0 Å². The fourth-order valence-corrected chi connectivity index (χ4v) is 8.57. The highest BCUT2D eigenvalue weighted by molar-refractivity contribution is 5.66. The lowest BCUT2D eigenvalue weighted by atomic mass is 9.47. The van der Waals surface area contributed by atoms with E-state index in [2.05, 4.69) is 52.8 Å². The molecule has 3 saturated carbocycles. The summed E-state index contributed by atoms with van der Waals surface area (Å²) in [5, 5.41) is 0. The standard InChI is InChI=1S/C29H46O2/c1-19(2)8-7-9-20(3)25-12-13-26-24-11-10-22-18-23(31-21(4)30)14-16-28(22,5)27(24)15-17-29(25,26)6/h7,9-10,19-20,23-27H,8,11-18H2,1-6H3/t20-,23-,24-,25-,26-,27+,28-,29-/m0/s1. The number of esters is 1. The first-order chi connectivity index (χ1) is 14.6. The molecule has 0 N–H and O–H groups in total. The van der Waals surface area contributed by atoms with E-state index in [0.717, 1.165) is 42.4 Å². The predicted molar refractivity (Wildman–Crippen MR) is 129 cm³/mol. The normalized spacial score (nSPS) is 43.2. The minimum absolute atomic E-state index is 0.108. The summed E-state index contributed by atoms with van der Waals surface area (Å²) in [5.74, 6) is 4.76. The molecule has 2 heteroatoms. The van der Waals surface area contributed by atoms with Gasteiger partial charge in [0.1, 0.15) is 6.10 Å². The second kappa shape index (κ2) is 8.71. The van der Waals surface area contributed by atoms with Crippen LogP contribution in [0.5, 0.6) is 0 Å². The molecule has 0 aromatic heterocycles. The Bertz CT molecular complexity index is 733. The molecule has 8 atom stereocenters. The minimum atomic E-state index is -0.120. The molecule has 4 aliphatic carbocycles. The zero-order valence-corrected chi connectivity index (χ0v) is 21.0. The maximum absolute atomic E-state index is 11.5. The molecule has 0 spiro atoms. The number of hydrogen-bond donors (Lipinski definition) is 0. The highest BCUT2D eigenvalue weighted by atomic mass is 16.5. The summed E-state index contributed by atoms with van der Waals surface area (Å²) in [6, 6.07) is 0. The number of rotatable bonds is 5. The monoisotopic (exact) mass is 426 g/mol. The van der Waals surface area contributed by atoms with Crippen molar-refractivity contribution in [2.24, 2.45) is 46.3 Å². The summed E-state index contributed by atoms with van der Waals surface area (Å²) < 4.78 is 5.61. The highest BCUT2D eigenvalue weighted by Gasteiger charge is 2.59. The van der Waals surface area contributed by atoms with Gasteiger partial charge in [0.2, 0.25) is 0 Å². The van der Waals surface area contributed by atoms with Crippen molar-refractivity contribution in [3.8, 4) is 0 Å². The van der Waals surface area contributed by atoms with E-state index in [-0.39, 0.29) is 12.1 Å². The van der Waals surface area contributed by atoms with Crippen LogP contribution in [0, 0.1) is 46.3 Å². The first-order valence-electron chi connectivity index (χ1n) is 13.2. The molecule has 31 heavy (non-hydrogen) atoms. The van der Waals surface area contributed by atoms with Crippen LogP contribution in [0.2, 0.25) is 0 Å². The maximum Gasteiger partial charge on any atom is 0.302 e. The molecule has 0 unspecified atom stereocenters. The van der Waals surface area contributed by atoms with Gasteiger partial charge in [-0.25, -0.2) is 0 Å². The summed E-state index contributed by atoms with van der Waals surface area (Å²) in [6.07, 6.45) is 19.0. The molecule has 174 valence electrons. The Morgan fingerprint density at radius 2 is 1.90 bits per heavy atom. The van der Waals surface area contributed by atoms with Gasteiger partial charge < -0.3 is 4.74 Å². The Balaban J connectivity index is 1.50. The van der Waals surface area contributed by atoms with E-state index in [4.69, 9.17) is 4.74 Å². The third-order valence-electron chi connectivity index (χ3n) is 10.1. The molecular formula is C29H46O2. The Labute approximate surface area is 191 Å². The third kappa shape index (κ3) is 4.18. The Kier molecular flexibility index (Phi) is 6.50. The number of carbonyl (C=O) groups is 1. The minimum Gasteiger partial charge on any atom is -0.462 e. The molecule has 0 saturated heterocycles. The molecule has 3 fully saturated rings. The topological polar surface area (TPSA) is 26.3 Å². The van der Waals surface area contributed by atoms with E-state index < -0.39 is 0 Å². The molecule has 2 nitrogen and oxygen atoms in total. The molecule has 0 radical (unpaired) electrons. The lowest BCUT2D eigenvalue weighted by Crippen LogP contribution is -2.51. The molecule has 0 amide bonds. The van der Waals surface area contributed by atoms with E-state index in [1.165, 1.54) is 44.9 Å². The summed E-state index contributed by atoms with van der Waals surface area (Å²) in [7, 11) is 0. The van der Waals surface area contributed by atoms with Gasteiger partial charge in [0.15, 0.2) is 0 Å². The van der Waals surface area contributed by atoms with Crippen LogP contribution in [0.4, 0.5) is 0 Å². The van der Waals surface area contributed by atoms with Crippen LogP contribution in [0.1, 0.15) is 99.3 Å². The van der Waals surface area contributed by atoms with E-state index in [1.807, 2.05) is 0 Å².